The van der Waals surface area contributed by atoms with Crippen LogP contribution in [0, 0.1) is 0 Å². The van der Waals surface area contributed by atoms with Gasteiger partial charge < -0.3 is 25.2 Å². The van der Waals surface area contributed by atoms with Crippen LogP contribution in [-0.2, 0) is 0 Å². The third kappa shape index (κ3) is 2.50. The van der Waals surface area contributed by atoms with Crippen molar-refractivity contribution in [3.63, 3.8) is 0 Å². The Bertz CT molecular complexity index is 900. The van der Waals surface area contributed by atoms with Gasteiger partial charge in [0.25, 0.3) is 5.91 Å². The molecule has 4 N–H and O–H groups in total. The van der Waals surface area contributed by atoms with Gasteiger partial charge in [-0.25, -0.2) is 4.79 Å². The zero-order valence-corrected chi connectivity index (χ0v) is 12.5. The first-order valence-corrected chi connectivity index (χ1v) is 7.66. The second-order valence-corrected chi connectivity index (χ2v) is 5.74. The highest BCUT2D eigenvalue weighted by Gasteiger charge is 2.19. The van der Waals surface area contributed by atoms with Gasteiger partial charge in [0.2, 0.25) is 0 Å². The summed E-state index contributed by atoms with van der Waals surface area (Å²) in [4.78, 5) is 34.5. The van der Waals surface area contributed by atoms with Gasteiger partial charge in [0, 0.05) is 25.5 Å². The van der Waals surface area contributed by atoms with E-state index in [1.807, 2.05) is 12.1 Å². The predicted octanol–water partition coefficient (Wildman–Crippen LogP) is 2.04. The van der Waals surface area contributed by atoms with Gasteiger partial charge in [0.15, 0.2) is 0 Å². The Morgan fingerprint density at radius 3 is 2.57 bits per heavy atom. The number of aromatic nitrogens is 3. The smallest absolute Gasteiger partial charge is 0.323 e. The number of imidazole rings is 1. The number of hydrogen-bond acceptors (Lipinski definition) is 3. The number of rotatable bonds is 3. The maximum absolute atomic E-state index is 12.4. The molecule has 0 atom stereocenters. The molecule has 1 saturated heterocycles. The summed E-state index contributed by atoms with van der Waals surface area (Å²) in [5.41, 5.74) is 3.40. The van der Waals surface area contributed by atoms with Crippen molar-refractivity contribution in [2.75, 3.05) is 23.3 Å². The summed E-state index contributed by atoms with van der Waals surface area (Å²) >= 11 is 0. The van der Waals surface area contributed by atoms with Crippen molar-refractivity contribution in [1.29, 1.82) is 0 Å². The first kappa shape index (κ1) is 13.7. The molecule has 1 aromatic carbocycles. The van der Waals surface area contributed by atoms with Gasteiger partial charge in [-0.05, 0) is 31.0 Å². The fourth-order valence-corrected chi connectivity index (χ4v) is 3.05. The van der Waals surface area contributed by atoms with Crippen molar-refractivity contribution >= 4 is 28.3 Å². The summed E-state index contributed by atoms with van der Waals surface area (Å²) in [6.07, 6.45) is 5.63. The molecule has 1 aliphatic heterocycles. The molecule has 7 heteroatoms. The minimum Gasteiger partial charge on any atom is -0.370 e. The number of amides is 1. The van der Waals surface area contributed by atoms with E-state index in [1.165, 1.54) is 0 Å². The Kier molecular flexibility index (Phi) is 3.18. The molecule has 4 rings (SSSR count). The third-order valence-electron chi connectivity index (χ3n) is 4.19. The standard InChI is InChI=1S/C16H17N5O2/c22-15(10-3-4-17-9-10)18-13-7-11-12(20-16(23)19-11)8-14(13)21-5-1-2-6-21/h3-4,7-9,17H,1-2,5-6H2,(H,18,22)(H2,19,20,23). The van der Waals surface area contributed by atoms with Crippen LogP contribution < -0.4 is 15.9 Å². The average molecular weight is 311 g/mol. The number of fused-ring (bicyclic) bond motifs is 1. The Labute approximate surface area is 131 Å². The molecule has 2 aromatic heterocycles. The predicted molar refractivity (Wildman–Crippen MR) is 89.1 cm³/mol. The largest absolute Gasteiger partial charge is 0.370 e. The van der Waals surface area contributed by atoms with E-state index >= 15 is 0 Å². The molecule has 1 amide bonds. The van der Waals surface area contributed by atoms with Gasteiger partial charge in [0.1, 0.15) is 0 Å². The Morgan fingerprint density at radius 2 is 1.87 bits per heavy atom. The second kappa shape index (κ2) is 5.35. The lowest BCUT2D eigenvalue weighted by Gasteiger charge is -2.21. The molecule has 0 unspecified atom stereocenters. The molecular weight excluding hydrogens is 294 g/mol. The van der Waals surface area contributed by atoms with Crippen molar-refractivity contribution in [3.8, 4) is 0 Å². The van der Waals surface area contributed by atoms with Gasteiger partial charge in [0.05, 0.1) is 28.0 Å². The Hall–Kier alpha value is -2.96. The minimum absolute atomic E-state index is 0.177. The first-order chi connectivity index (χ1) is 11.2. The maximum Gasteiger partial charge on any atom is 0.323 e. The molecule has 3 heterocycles. The average Bonchev–Trinajstić information content (AvgIpc) is 3.27. The van der Waals surface area contributed by atoms with Gasteiger partial charge in [-0.3, -0.25) is 4.79 Å². The fourth-order valence-electron chi connectivity index (χ4n) is 3.05. The molecular formula is C16H17N5O2. The number of carbonyl (C=O) groups excluding carboxylic acids is 1. The van der Waals surface area contributed by atoms with E-state index in [-0.39, 0.29) is 11.6 Å². The van der Waals surface area contributed by atoms with Gasteiger partial charge in [-0.1, -0.05) is 0 Å². The van der Waals surface area contributed by atoms with Crippen LogP contribution in [0.3, 0.4) is 0 Å². The molecule has 0 bridgehead atoms. The molecule has 7 nitrogen and oxygen atoms in total. The summed E-state index contributed by atoms with van der Waals surface area (Å²) in [6.45, 7) is 1.90. The number of carbonyl (C=O) groups is 1. The summed E-state index contributed by atoms with van der Waals surface area (Å²) < 4.78 is 0. The van der Waals surface area contributed by atoms with Crippen LogP contribution in [0.1, 0.15) is 23.2 Å². The van der Waals surface area contributed by atoms with Gasteiger partial charge in [-0.2, -0.15) is 0 Å². The number of nitrogens with zero attached hydrogens (tertiary/aromatic N) is 1. The second-order valence-electron chi connectivity index (χ2n) is 5.74. The van der Waals surface area contributed by atoms with Crippen molar-refractivity contribution < 1.29 is 4.79 Å². The lowest BCUT2D eigenvalue weighted by atomic mass is 10.2. The van der Waals surface area contributed by atoms with Gasteiger partial charge >= 0.3 is 5.69 Å². The van der Waals surface area contributed by atoms with E-state index in [0.717, 1.165) is 37.1 Å². The third-order valence-corrected chi connectivity index (χ3v) is 4.19. The summed E-state index contributed by atoms with van der Waals surface area (Å²) in [5.74, 6) is -0.177. The molecule has 0 saturated carbocycles. The van der Waals surface area contributed by atoms with Gasteiger partial charge in [-0.15, -0.1) is 0 Å². The quantitative estimate of drug-likeness (QED) is 0.596. The van der Waals surface area contributed by atoms with Crippen molar-refractivity contribution in [2.45, 2.75) is 12.8 Å². The van der Waals surface area contributed by atoms with E-state index in [2.05, 4.69) is 25.2 Å². The lowest BCUT2D eigenvalue weighted by molar-refractivity contribution is 0.102. The molecule has 0 spiro atoms. The molecule has 1 fully saturated rings. The zero-order valence-electron chi connectivity index (χ0n) is 12.5. The zero-order chi connectivity index (χ0) is 15.8. The van der Waals surface area contributed by atoms with Crippen LogP contribution in [-0.4, -0.2) is 33.9 Å². The van der Waals surface area contributed by atoms with E-state index < -0.39 is 0 Å². The topological polar surface area (TPSA) is 96.8 Å². The molecule has 1 aliphatic rings. The van der Waals surface area contributed by atoms with E-state index in [4.69, 9.17) is 0 Å². The minimum atomic E-state index is -0.249. The fraction of sp³-hybridized carbons (Fsp3) is 0.250. The summed E-state index contributed by atoms with van der Waals surface area (Å²) in [6, 6.07) is 5.46. The Balaban J connectivity index is 1.77. The Morgan fingerprint density at radius 1 is 1.13 bits per heavy atom. The van der Waals surface area contributed by atoms with Crippen molar-refractivity contribution in [1.82, 2.24) is 15.0 Å². The number of aromatic amines is 3. The molecule has 118 valence electrons. The van der Waals surface area contributed by atoms with Crippen molar-refractivity contribution in [2.24, 2.45) is 0 Å². The van der Waals surface area contributed by atoms with Crippen LogP contribution in [0.25, 0.3) is 11.0 Å². The highest BCUT2D eigenvalue weighted by molar-refractivity contribution is 6.07. The monoisotopic (exact) mass is 311 g/mol. The molecule has 3 aromatic rings. The van der Waals surface area contributed by atoms with E-state index in [9.17, 15) is 9.59 Å². The maximum atomic E-state index is 12.4. The summed E-state index contributed by atoms with van der Waals surface area (Å²) in [7, 11) is 0. The lowest BCUT2D eigenvalue weighted by Crippen LogP contribution is -2.21. The SMILES string of the molecule is O=C(Nc1cc2[nH]c(=O)[nH]c2cc1N1CCCC1)c1cc[nH]c1. The van der Waals surface area contributed by atoms with Crippen LogP contribution in [0.2, 0.25) is 0 Å². The molecule has 23 heavy (non-hydrogen) atoms. The normalized spacial score (nSPS) is 14.5. The first-order valence-electron chi connectivity index (χ1n) is 7.66. The number of anilines is 2. The number of benzene rings is 1. The number of H-pyrrole nitrogens is 3. The number of hydrogen-bond donors (Lipinski definition) is 4. The highest BCUT2D eigenvalue weighted by Crippen LogP contribution is 2.32. The summed E-state index contributed by atoms with van der Waals surface area (Å²) in [5, 5.41) is 2.95. The number of nitrogens with one attached hydrogen (secondary N) is 4. The van der Waals surface area contributed by atoms with Crippen LogP contribution in [0.5, 0.6) is 0 Å². The van der Waals surface area contributed by atoms with Crippen LogP contribution in [0.15, 0.2) is 35.4 Å². The van der Waals surface area contributed by atoms with Crippen LogP contribution in [0.4, 0.5) is 11.4 Å². The van der Waals surface area contributed by atoms with Crippen molar-refractivity contribution in [3.05, 3.63) is 46.6 Å². The molecule has 0 radical (unpaired) electrons. The van der Waals surface area contributed by atoms with E-state index in [1.54, 1.807) is 18.5 Å². The molecule has 0 aliphatic carbocycles. The van der Waals surface area contributed by atoms with Crippen LogP contribution >= 0.6 is 0 Å². The highest BCUT2D eigenvalue weighted by atomic mass is 16.2. The van der Waals surface area contributed by atoms with E-state index in [0.29, 0.717) is 16.8 Å².